The van der Waals surface area contributed by atoms with Crippen molar-refractivity contribution in [2.24, 2.45) is 0 Å². The predicted molar refractivity (Wildman–Crippen MR) is 149 cm³/mol. The third-order valence-corrected chi connectivity index (χ3v) is 11.4. The summed E-state index contributed by atoms with van der Waals surface area (Å²) < 4.78 is 28.1. The normalized spacial score (nSPS) is 19.3. The van der Waals surface area contributed by atoms with Gasteiger partial charge in [0.05, 0.1) is 4.90 Å². The second-order valence-electron chi connectivity index (χ2n) is 10.7. The van der Waals surface area contributed by atoms with E-state index in [1.807, 2.05) is 23.9 Å². The van der Waals surface area contributed by atoms with Gasteiger partial charge in [0.2, 0.25) is 10.0 Å². The van der Waals surface area contributed by atoms with Crippen molar-refractivity contribution >= 4 is 21.8 Å². The molecular weight excluding hydrogens is 484 g/mol. The number of likely N-dealkylation sites (tertiary alicyclic amines) is 1. The van der Waals surface area contributed by atoms with Crippen LogP contribution in [-0.2, 0) is 20.9 Å². The van der Waals surface area contributed by atoms with Crippen LogP contribution in [0.3, 0.4) is 0 Å². The van der Waals surface area contributed by atoms with Crippen molar-refractivity contribution in [2.45, 2.75) is 46.8 Å². The van der Waals surface area contributed by atoms with Crippen LogP contribution >= 0.6 is 11.8 Å². The molecule has 2 heterocycles. The van der Waals surface area contributed by atoms with Crippen molar-refractivity contribution < 1.29 is 8.42 Å². The molecule has 36 heavy (non-hydrogen) atoms. The maximum absolute atomic E-state index is 13.3. The minimum Gasteiger partial charge on any atom is -0.303 e. The third-order valence-electron chi connectivity index (χ3n) is 8.25. The highest BCUT2D eigenvalue weighted by Crippen LogP contribution is 2.49. The molecule has 1 unspecified atom stereocenters. The van der Waals surface area contributed by atoms with Gasteiger partial charge >= 0.3 is 0 Å². The van der Waals surface area contributed by atoms with E-state index in [-0.39, 0.29) is 5.41 Å². The van der Waals surface area contributed by atoms with Gasteiger partial charge in [-0.2, -0.15) is 0 Å². The lowest BCUT2D eigenvalue weighted by Crippen LogP contribution is -2.46. The Kier molecular flexibility index (Phi) is 7.32. The number of hydrogen-bond acceptors (Lipinski definition) is 4. The molecule has 190 valence electrons. The number of nitrogens with zero attached hydrogens (tertiary/aromatic N) is 2. The van der Waals surface area contributed by atoms with Crippen molar-refractivity contribution in [1.82, 2.24) is 9.21 Å². The topological polar surface area (TPSA) is 40.6 Å². The van der Waals surface area contributed by atoms with E-state index in [4.69, 9.17) is 0 Å². The highest BCUT2D eigenvalue weighted by atomic mass is 32.2. The molecule has 0 N–H and O–H groups in total. The molecule has 1 spiro atoms. The van der Waals surface area contributed by atoms with E-state index in [1.165, 1.54) is 33.4 Å². The SMILES string of the molecule is CN(CC(C)(CCN1CCC2(CC1)CSc1ccccc12)c1ccccc1)S(=O)(=O)c1ccccc1. The largest absolute Gasteiger partial charge is 0.303 e. The molecule has 4 nitrogen and oxygen atoms in total. The van der Waals surface area contributed by atoms with E-state index < -0.39 is 10.0 Å². The third kappa shape index (κ3) is 5.01. The molecule has 2 aliphatic heterocycles. The van der Waals surface area contributed by atoms with Crippen LogP contribution in [-0.4, -0.2) is 56.6 Å². The molecule has 0 amide bonds. The number of piperidine rings is 1. The van der Waals surface area contributed by atoms with Crippen LogP contribution in [0, 0.1) is 0 Å². The number of hydrogen-bond donors (Lipinski definition) is 0. The quantitative estimate of drug-likeness (QED) is 0.377. The molecule has 1 saturated heterocycles. The molecule has 2 aliphatic rings. The molecule has 1 fully saturated rings. The summed E-state index contributed by atoms with van der Waals surface area (Å²) in [5.74, 6) is 1.20. The minimum absolute atomic E-state index is 0.289. The molecule has 6 heteroatoms. The lowest BCUT2D eigenvalue weighted by Gasteiger charge is -2.41. The average molecular weight is 521 g/mol. The van der Waals surface area contributed by atoms with Crippen LogP contribution in [0.1, 0.15) is 37.3 Å². The van der Waals surface area contributed by atoms with E-state index >= 15 is 0 Å². The zero-order valence-corrected chi connectivity index (χ0v) is 22.9. The Morgan fingerprint density at radius 1 is 0.917 bits per heavy atom. The molecule has 3 aromatic carbocycles. The Bertz CT molecular complexity index is 1270. The van der Waals surface area contributed by atoms with Crippen LogP contribution in [0.2, 0.25) is 0 Å². The summed E-state index contributed by atoms with van der Waals surface area (Å²) in [6.45, 7) is 5.82. The highest BCUT2D eigenvalue weighted by Gasteiger charge is 2.42. The highest BCUT2D eigenvalue weighted by molar-refractivity contribution is 7.99. The van der Waals surface area contributed by atoms with Gasteiger partial charge in [-0.15, -0.1) is 11.8 Å². The summed E-state index contributed by atoms with van der Waals surface area (Å²) in [7, 11) is -1.84. The van der Waals surface area contributed by atoms with Gasteiger partial charge < -0.3 is 4.90 Å². The Labute approximate surface area is 220 Å². The van der Waals surface area contributed by atoms with Crippen molar-refractivity contribution in [3.8, 4) is 0 Å². The molecule has 0 aromatic heterocycles. The molecule has 0 radical (unpaired) electrons. The number of rotatable bonds is 8. The molecule has 3 aromatic rings. The van der Waals surface area contributed by atoms with Gasteiger partial charge in [0.25, 0.3) is 0 Å². The van der Waals surface area contributed by atoms with Gasteiger partial charge in [-0.25, -0.2) is 12.7 Å². The molecule has 0 saturated carbocycles. The summed E-state index contributed by atoms with van der Waals surface area (Å²) in [5.41, 5.74) is 2.78. The number of fused-ring (bicyclic) bond motifs is 2. The predicted octanol–water partition coefficient (Wildman–Crippen LogP) is 5.79. The number of sulfonamides is 1. The van der Waals surface area contributed by atoms with Gasteiger partial charge in [0.1, 0.15) is 0 Å². The smallest absolute Gasteiger partial charge is 0.242 e. The van der Waals surface area contributed by atoms with Crippen molar-refractivity contribution in [1.29, 1.82) is 0 Å². The summed E-state index contributed by atoms with van der Waals surface area (Å²) in [6.07, 6.45) is 3.30. The molecule has 0 aliphatic carbocycles. The maximum Gasteiger partial charge on any atom is 0.242 e. The Balaban J connectivity index is 1.28. The molecular formula is C30H36N2O2S2. The Morgan fingerprint density at radius 2 is 1.53 bits per heavy atom. The van der Waals surface area contributed by atoms with E-state index in [0.717, 1.165) is 26.1 Å². The first kappa shape index (κ1) is 25.5. The average Bonchev–Trinajstić information content (AvgIpc) is 3.27. The fourth-order valence-electron chi connectivity index (χ4n) is 5.85. The lowest BCUT2D eigenvalue weighted by atomic mass is 9.74. The van der Waals surface area contributed by atoms with Crippen LogP contribution in [0.5, 0.6) is 0 Å². The second kappa shape index (κ2) is 10.3. The monoisotopic (exact) mass is 520 g/mol. The molecule has 5 rings (SSSR count). The maximum atomic E-state index is 13.3. The summed E-state index contributed by atoms with van der Waals surface area (Å²) >= 11 is 2.02. The van der Waals surface area contributed by atoms with Gasteiger partial charge in [0.15, 0.2) is 0 Å². The standard InChI is InChI=1S/C30H36N2O2S2/c1-29(25-11-5-3-6-12-25,23-31(2)36(33,34)26-13-7-4-8-14-26)17-20-32-21-18-30(19-22-32)24-35-28-16-10-9-15-27(28)30/h3-16H,17-24H2,1-2H3. The fraction of sp³-hybridized carbons (Fsp3) is 0.400. The number of thioether (sulfide) groups is 1. The summed E-state index contributed by atoms with van der Waals surface area (Å²) in [5, 5.41) is 0. The molecule has 1 atom stereocenters. The lowest BCUT2D eigenvalue weighted by molar-refractivity contribution is 0.156. The van der Waals surface area contributed by atoms with E-state index in [9.17, 15) is 8.42 Å². The van der Waals surface area contributed by atoms with Gasteiger partial charge in [-0.1, -0.05) is 73.7 Å². The Morgan fingerprint density at radius 3 is 2.22 bits per heavy atom. The summed E-state index contributed by atoms with van der Waals surface area (Å²) in [6, 6.07) is 28.1. The first-order valence-corrected chi connectivity index (χ1v) is 15.3. The van der Waals surface area contributed by atoms with E-state index in [2.05, 4.69) is 60.4 Å². The Hall–Kier alpha value is -2.12. The van der Waals surface area contributed by atoms with Crippen LogP contribution in [0.4, 0.5) is 0 Å². The first-order chi connectivity index (χ1) is 17.3. The van der Waals surface area contributed by atoms with E-state index in [0.29, 0.717) is 16.9 Å². The zero-order valence-electron chi connectivity index (χ0n) is 21.3. The fourth-order valence-corrected chi connectivity index (χ4v) is 8.66. The van der Waals surface area contributed by atoms with Gasteiger partial charge in [0, 0.05) is 35.1 Å². The van der Waals surface area contributed by atoms with Crippen molar-refractivity contribution in [3.05, 3.63) is 96.1 Å². The molecule has 0 bridgehead atoms. The van der Waals surface area contributed by atoms with Crippen LogP contribution < -0.4 is 0 Å². The van der Waals surface area contributed by atoms with Crippen molar-refractivity contribution in [2.75, 3.05) is 39.0 Å². The van der Waals surface area contributed by atoms with Crippen LogP contribution in [0.25, 0.3) is 0 Å². The van der Waals surface area contributed by atoms with E-state index in [1.54, 1.807) is 36.9 Å². The number of likely N-dealkylation sites (N-methyl/N-ethyl adjacent to an activating group) is 1. The number of benzene rings is 3. The summed E-state index contributed by atoms with van der Waals surface area (Å²) in [4.78, 5) is 4.40. The minimum atomic E-state index is -3.55. The second-order valence-corrected chi connectivity index (χ2v) is 13.7. The van der Waals surface area contributed by atoms with Gasteiger partial charge in [-0.05, 0) is 68.2 Å². The van der Waals surface area contributed by atoms with Gasteiger partial charge in [-0.3, -0.25) is 0 Å². The first-order valence-electron chi connectivity index (χ1n) is 12.8. The van der Waals surface area contributed by atoms with Crippen LogP contribution in [0.15, 0.2) is 94.7 Å². The zero-order chi connectivity index (χ0) is 25.2. The van der Waals surface area contributed by atoms with Crippen molar-refractivity contribution in [3.63, 3.8) is 0 Å².